The molecule has 0 aliphatic rings. The molecule has 2 aromatic carbocycles. The smallest absolute Gasteiger partial charge is 0.374 e. The maximum atomic E-state index is 13.0. The fourth-order valence-electron chi connectivity index (χ4n) is 2.15. The molecule has 0 heterocycles. The van der Waals surface area contributed by atoms with Gasteiger partial charge in [-0.3, -0.25) is 0 Å². The molecule has 12 heteroatoms. The Labute approximate surface area is 164 Å². The van der Waals surface area contributed by atoms with E-state index in [9.17, 15) is 26.0 Å². The van der Waals surface area contributed by atoms with E-state index in [4.69, 9.17) is 8.37 Å². The van der Waals surface area contributed by atoms with Crippen molar-refractivity contribution in [2.45, 2.75) is 19.8 Å². The third kappa shape index (κ3) is 4.60. The van der Waals surface area contributed by atoms with E-state index in [0.29, 0.717) is 6.42 Å². The van der Waals surface area contributed by atoms with Crippen LogP contribution in [0.15, 0.2) is 60.7 Å². The molecule has 0 fully saturated rings. The summed E-state index contributed by atoms with van der Waals surface area (Å²) in [5, 5.41) is 0. The van der Waals surface area contributed by atoms with Gasteiger partial charge in [0.1, 0.15) is 19.2 Å². The first-order valence-electron chi connectivity index (χ1n) is 8.11. The second kappa shape index (κ2) is 9.13. The Balaban J connectivity index is 2.62. The Hall–Kier alpha value is -1.81. The average Bonchev–Trinajstić information content (AvgIpc) is 2.62. The molecule has 0 N–H and O–H groups in total. The molecule has 0 saturated carbocycles. The molecule has 154 valence electrons. The van der Waals surface area contributed by atoms with Crippen LogP contribution in [0.3, 0.4) is 0 Å². The maximum Gasteiger partial charge on any atom is 0.393 e. The molecule has 0 unspecified atom stereocenters. The van der Waals surface area contributed by atoms with Gasteiger partial charge in [-0.2, -0.15) is 16.8 Å². The van der Waals surface area contributed by atoms with E-state index >= 15 is 0 Å². The van der Waals surface area contributed by atoms with Gasteiger partial charge in [0.25, 0.3) is 0 Å². The van der Waals surface area contributed by atoms with Gasteiger partial charge in [-0.25, -0.2) is 9.13 Å². The highest BCUT2D eigenvalue weighted by molar-refractivity contribution is 9.34. The molecule has 0 aliphatic carbocycles. The Bertz CT molecular complexity index is 986. The summed E-state index contributed by atoms with van der Waals surface area (Å²) in [7, 11) is -14.7. The summed E-state index contributed by atoms with van der Waals surface area (Å²) < 4.78 is 86.1. The molecule has 0 spiro atoms. The van der Waals surface area contributed by atoms with Crippen molar-refractivity contribution in [3.05, 3.63) is 60.7 Å². The van der Waals surface area contributed by atoms with Crippen LogP contribution in [-0.2, 0) is 27.4 Å². The number of hydrogen-bond donors (Lipinski definition) is 0. The quantitative estimate of drug-likeness (QED) is 0.375. The lowest BCUT2D eigenvalue weighted by Gasteiger charge is -2.29. The van der Waals surface area contributed by atoms with Crippen molar-refractivity contribution in [1.82, 2.24) is 0 Å². The van der Waals surface area contributed by atoms with Gasteiger partial charge in [-0.05, 0) is 30.7 Å². The van der Waals surface area contributed by atoms with Crippen molar-refractivity contribution < 1.29 is 34.3 Å². The summed E-state index contributed by atoms with van der Waals surface area (Å²) in [4.78, 5) is 0. The lowest BCUT2D eigenvalue weighted by Crippen LogP contribution is -2.28. The predicted octanol–water partition coefficient (Wildman–Crippen LogP) is 4.33. The Morgan fingerprint density at radius 3 is 1.46 bits per heavy atom. The van der Waals surface area contributed by atoms with Crippen LogP contribution >= 0.6 is 14.6 Å². The summed E-state index contributed by atoms with van der Waals surface area (Å²) in [6, 6.07) is 14.2. The van der Waals surface area contributed by atoms with E-state index in [-0.39, 0.29) is 17.9 Å². The first-order chi connectivity index (χ1) is 13.2. The minimum Gasteiger partial charge on any atom is -0.374 e. The maximum absolute atomic E-state index is 13.0. The highest BCUT2D eigenvalue weighted by Gasteiger charge is 2.58. The molecule has 0 aliphatic heterocycles. The van der Waals surface area contributed by atoms with Crippen molar-refractivity contribution in [2.75, 3.05) is 5.75 Å². The summed E-state index contributed by atoms with van der Waals surface area (Å²) in [6.45, 7) is -2.29. The van der Waals surface area contributed by atoms with Crippen LogP contribution in [0.25, 0.3) is 0 Å². The largest absolute Gasteiger partial charge is 0.393 e. The van der Waals surface area contributed by atoms with Gasteiger partial charge >= 0.3 is 25.2 Å². The van der Waals surface area contributed by atoms with Crippen LogP contribution in [0.1, 0.15) is 19.8 Å². The second-order valence-electron chi connectivity index (χ2n) is 5.47. The van der Waals surface area contributed by atoms with Crippen molar-refractivity contribution >= 4 is 32.9 Å². The van der Waals surface area contributed by atoms with Crippen molar-refractivity contribution in [3.8, 4) is 11.5 Å². The zero-order chi connectivity index (χ0) is 20.8. The monoisotopic (exact) mass is 466 g/mol. The van der Waals surface area contributed by atoms with Crippen molar-refractivity contribution in [2.24, 2.45) is 0 Å². The third-order valence-corrected chi connectivity index (χ3v) is 22.5. The third-order valence-electron chi connectivity index (χ3n) is 3.50. The topological polar surface area (TPSA) is 121 Å². The second-order valence-corrected chi connectivity index (χ2v) is 20.2. The number of hydrogen-bond acceptors (Lipinski definition) is 8. The van der Waals surface area contributed by atoms with Crippen LogP contribution in [0.4, 0.5) is 0 Å². The van der Waals surface area contributed by atoms with E-state index in [0.717, 1.165) is 0 Å². The zero-order valence-corrected chi connectivity index (χ0v) is 18.2. The van der Waals surface area contributed by atoms with Gasteiger partial charge in [0.15, 0.2) is 0 Å². The fraction of sp³-hybridized carbons (Fsp3) is 0.250. The molecule has 0 saturated heterocycles. The number of unbranched alkanes of at least 4 members (excludes halogenated alkanes) is 1. The average molecular weight is 466 g/mol. The van der Waals surface area contributed by atoms with Crippen LogP contribution < -0.4 is 8.37 Å². The zero-order valence-electron chi connectivity index (χ0n) is 14.8. The van der Waals surface area contributed by atoms with Crippen LogP contribution in [0.5, 0.6) is 11.5 Å². The minimum atomic E-state index is -5.11. The molecule has 8 nitrogen and oxygen atoms in total. The molecule has 28 heavy (non-hydrogen) atoms. The molecule has 0 atom stereocenters. The lowest BCUT2D eigenvalue weighted by atomic mass is 10.3. The van der Waals surface area contributed by atoms with E-state index in [2.05, 4.69) is 0 Å². The SMILES string of the molecule is CCCCS(P(=O)=O)(S(=O)(=O)Oc1ccccc1)S(=O)(=O)Oc1ccccc1. The van der Waals surface area contributed by atoms with Gasteiger partial charge < -0.3 is 8.37 Å². The van der Waals surface area contributed by atoms with Gasteiger partial charge in [0.05, 0.1) is 0 Å². The molecule has 2 aromatic rings. The number of rotatable bonds is 10. The van der Waals surface area contributed by atoms with Crippen LogP contribution in [-0.4, -0.2) is 22.6 Å². The number of benzene rings is 2. The summed E-state index contributed by atoms with van der Waals surface area (Å²) >= 11 is 0. The van der Waals surface area contributed by atoms with Crippen molar-refractivity contribution in [1.29, 1.82) is 0 Å². The van der Waals surface area contributed by atoms with Gasteiger partial charge in [0.2, 0.25) is 0 Å². The molecular weight excluding hydrogens is 447 g/mol. The summed E-state index contributed by atoms with van der Waals surface area (Å²) in [5.74, 6) is -1.03. The van der Waals surface area contributed by atoms with Gasteiger partial charge in [-0.1, -0.05) is 49.7 Å². The normalized spacial score (nSPS) is 12.9. The number of para-hydroxylation sites is 2. The molecule has 2 rings (SSSR count). The highest BCUT2D eigenvalue weighted by atomic mass is 33.8. The van der Waals surface area contributed by atoms with E-state index in [1.807, 2.05) is 0 Å². The fourth-order valence-corrected chi connectivity index (χ4v) is 15.7. The first-order valence-corrected chi connectivity index (χ1v) is 15.5. The highest BCUT2D eigenvalue weighted by Crippen LogP contribution is 2.73. The molecule has 0 amide bonds. The Kier molecular flexibility index (Phi) is 7.33. The van der Waals surface area contributed by atoms with E-state index in [1.54, 1.807) is 19.1 Å². The van der Waals surface area contributed by atoms with Gasteiger partial charge in [0, 0.05) is 5.75 Å². The standard InChI is InChI=1S/C16H19O8PS3/c1-2-3-14-26(25(17)18,27(19,20)23-15-10-6-4-7-11-15)28(21,22)24-16-12-8-5-9-13-16/h4-13H,2-3,14H2,1H3. The molecule has 0 aromatic heterocycles. The summed E-state index contributed by atoms with van der Waals surface area (Å²) in [6.07, 6.45) is 0.410. The Morgan fingerprint density at radius 1 is 0.750 bits per heavy atom. The van der Waals surface area contributed by atoms with E-state index < -0.39 is 38.6 Å². The van der Waals surface area contributed by atoms with E-state index in [1.165, 1.54) is 48.5 Å². The lowest BCUT2D eigenvalue weighted by molar-refractivity contribution is 0.499. The minimum absolute atomic E-state index is 0.0351. The molecule has 0 bridgehead atoms. The summed E-state index contributed by atoms with van der Waals surface area (Å²) in [5.41, 5.74) is 0. The van der Waals surface area contributed by atoms with Crippen molar-refractivity contribution in [3.63, 3.8) is 0 Å². The predicted molar refractivity (Wildman–Crippen MR) is 108 cm³/mol. The van der Waals surface area contributed by atoms with Gasteiger partial charge in [-0.15, -0.1) is 0 Å². The first kappa shape index (κ1) is 22.5. The molecule has 0 radical (unpaired) electrons. The molecular formula is C16H19O8PS3. The van der Waals surface area contributed by atoms with Crippen LogP contribution in [0.2, 0.25) is 0 Å². The van der Waals surface area contributed by atoms with Crippen LogP contribution in [0, 0.1) is 0 Å². The Morgan fingerprint density at radius 2 is 1.14 bits per heavy atom.